The third-order valence-electron chi connectivity index (χ3n) is 4.74. The number of nitrogens with zero attached hydrogens (tertiary/aromatic N) is 2. The van der Waals surface area contributed by atoms with Gasteiger partial charge in [-0.2, -0.15) is 0 Å². The topological polar surface area (TPSA) is 77.1 Å². The summed E-state index contributed by atoms with van der Waals surface area (Å²) in [5.41, 5.74) is 0.487. The lowest BCUT2D eigenvalue weighted by molar-refractivity contribution is 0.00623. The van der Waals surface area contributed by atoms with Crippen molar-refractivity contribution in [3.8, 4) is 0 Å². The molecule has 3 unspecified atom stereocenters. The summed E-state index contributed by atoms with van der Waals surface area (Å²) >= 11 is 0. The highest BCUT2D eigenvalue weighted by Gasteiger charge is 2.38. The summed E-state index contributed by atoms with van der Waals surface area (Å²) < 4.78 is 18.6. The van der Waals surface area contributed by atoms with Gasteiger partial charge >= 0.3 is 6.03 Å². The van der Waals surface area contributed by atoms with Crippen LogP contribution in [0.3, 0.4) is 0 Å². The highest BCUT2D eigenvalue weighted by molar-refractivity contribution is 5.89. The van der Waals surface area contributed by atoms with Crippen molar-refractivity contribution in [2.75, 3.05) is 51.7 Å². The number of carbonyl (C=O) groups is 1. The second kappa shape index (κ2) is 8.09. The minimum Gasteiger partial charge on any atom is -0.388 e. The van der Waals surface area contributed by atoms with Crippen LogP contribution in [-0.4, -0.2) is 85.6 Å². The van der Waals surface area contributed by atoms with Crippen molar-refractivity contribution in [3.63, 3.8) is 0 Å². The lowest BCUT2D eigenvalue weighted by Crippen LogP contribution is -2.51. The lowest BCUT2D eigenvalue weighted by atomic mass is 10.1. The average Bonchev–Trinajstić information content (AvgIpc) is 2.92. The number of hydrogen-bond acceptors (Lipinski definition) is 5. The molecule has 0 bridgehead atoms. The van der Waals surface area contributed by atoms with Gasteiger partial charge in [-0.1, -0.05) is 0 Å². The monoisotopic (exact) mass is 352 g/mol. The Morgan fingerprint density at radius 3 is 2.64 bits per heavy atom. The highest BCUT2D eigenvalue weighted by Crippen LogP contribution is 2.17. The predicted molar refractivity (Wildman–Crippen MR) is 92.0 cm³/mol. The largest absolute Gasteiger partial charge is 0.388 e. The summed E-state index contributed by atoms with van der Waals surface area (Å²) in [5.74, 6) is -0.364. The summed E-state index contributed by atoms with van der Waals surface area (Å²) in [6.45, 7) is 4.84. The maximum absolute atomic E-state index is 12.9. The SMILES string of the molecule is CN1CCN(CC2OCC(NC(=O)Nc3ccc(F)cc3)C2O)CC1. The third kappa shape index (κ3) is 4.88. The number of halogens is 1. The van der Waals surface area contributed by atoms with E-state index in [4.69, 9.17) is 4.74 Å². The quantitative estimate of drug-likeness (QED) is 0.728. The van der Waals surface area contributed by atoms with E-state index in [1.165, 1.54) is 24.3 Å². The van der Waals surface area contributed by atoms with Gasteiger partial charge in [-0.15, -0.1) is 0 Å². The molecule has 1 aromatic carbocycles. The Balaban J connectivity index is 1.45. The fraction of sp³-hybridized carbons (Fsp3) is 0.588. The average molecular weight is 352 g/mol. The minimum absolute atomic E-state index is 0.274. The first-order valence-electron chi connectivity index (χ1n) is 8.55. The number of rotatable bonds is 4. The second-order valence-corrected chi connectivity index (χ2v) is 6.68. The molecule has 0 saturated carbocycles. The van der Waals surface area contributed by atoms with Gasteiger partial charge in [0.2, 0.25) is 0 Å². The van der Waals surface area contributed by atoms with Crippen LogP contribution in [0.5, 0.6) is 0 Å². The Morgan fingerprint density at radius 2 is 1.96 bits per heavy atom. The Labute approximate surface area is 146 Å². The number of ether oxygens (including phenoxy) is 1. The summed E-state index contributed by atoms with van der Waals surface area (Å²) in [6.07, 6.45) is -1.06. The number of aliphatic hydroxyl groups is 1. The molecule has 2 aliphatic heterocycles. The van der Waals surface area contributed by atoms with E-state index in [1.807, 2.05) is 0 Å². The summed E-state index contributed by atoms with van der Waals surface area (Å²) in [7, 11) is 2.10. The van der Waals surface area contributed by atoms with Crippen LogP contribution in [0, 0.1) is 5.82 Å². The van der Waals surface area contributed by atoms with E-state index in [0.717, 1.165) is 26.2 Å². The molecule has 138 valence electrons. The number of nitrogens with one attached hydrogen (secondary N) is 2. The molecule has 2 saturated heterocycles. The van der Waals surface area contributed by atoms with Crippen LogP contribution in [0.25, 0.3) is 0 Å². The van der Waals surface area contributed by atoms with Gasteiger partial charge in [0.15, 0.2) is 0 Å². The fourth-order valence-corrected chi connectivity index (χ4v) is 3.13. The Kier molecular flexibility index (Phi) is 5.85. The molecular formula is C17H25FN4O3. The number of anilines is 1. The lowest BCUT2D eigenvalue weighted by Gasteiger charge is -2.34. The van der Waals surface area contributed by atoms with Crippen molar-refractivity contribution in [3.05, 3.63) is 30.1 Å². The van der Waals surface area contributed by atoms with E-state index in [9.17, 15) is 14.3 Å². The van der Waals surface area contributed by atoms with Gasteiger partial charge in [-0.3, -0.25) is 4.90 Å². The third-order valence-corrected chi connectivity index (χ3v) is 4.74. The van der Waals surface area contributed by atoms with E-state index in [-0.39, 0.29) is 18.5 Å². The van der Waals surface area contributed by atoms with Crippen LogP contribution in [-0.2, 0) is 4.74 Å². The van der Waals surface area contributed by atoms with Gasteiger partial charge in [0.1, 0.15) is 11.9 Å². The molecule has 7 nitrogen and oxygen atoms in total. The van der Waals surface area contributed by atoms with Crippen LogP contribution in [0.4, 0.5) is 14.9 Å². The zero-order valence-electron chi connectivity index (χ0n) is 14.3. The Morgan fingerprint density at radius 1 is 1.28 bits per heavy atom. The molecule has 2 heterocycles. The molecule has 25 heavy (non-hydrogen) atoms. The number of likely N-dealkylation sites (N-methyl/N-ethyl adjacent to an activating group) is 1. The zero-order chi connectivity index (χ0) is 17.8. The van der Waals surface area contributed by atoms with E-state index < -0.39 is 18.2 Å². The number of carbonyl (C=O) groups excluding carboxylic acids is 1. The molecule has 2 fully saturated rings. The van der Waals surface area contributed by atoms with Crippen molar-refractivity contribution < 1.29 is 19.0 Å². The Bertz CT molecular complexity index is 578. The van der Waals surface area contributed by atoms with Crippen molar-refractivity contribution in [2.24, 2.45) is 0 Å². The first kappa shape index (κ1) is 18.1. The Hall–Kier alpha value is -1.74. The molecule has 0 spiro atoms. The highest BCUT2D eigenvalue weighted by atomic mass is 19.1. The van der Waals surface area contributed by atoms with Crippen molar-refractivity contribution in [1.29, 1.82) is 0 Å². The summed E-state index contributed by atoms with van der Waals surface area (Å²) in [4.78, 5) is 16.6. The van der Waals surface area contributed by atoms with Gasteiger partial charge in [0.05, 0.1) is 18.8 Å². The van der Waals surface area contributed by atoms with Crippen LogP contribution < -0.4 is 10.6 Å². The molecule has 2 amide bonds. The fourth-order valence-electron chi connectivity index (χ4n) is 3.13. The summed E-state index contributed by atoms with van der Waals surface area (Å²) in [5, 5.41) is 15.8. The van der Waals surface area contributed by atoms with Crippen LogP contribution in [0.15, 0.2) is 24.3 Å². The second-order valence-electron chi connectivity index (χ2n) is 6.68. The van der Waals surface area contributed by atoms with Gasteiger partial charge in [0.25, 0.3) is 0 Å². The van der Waals surface area contributed by atoms with Crippen LogP contribution in [0.2, 0.25) is 0 Å². The number of piperazine rings is 1. The van der Waals surface area contributed by atoms with Crippen molar-refractivity contribution in [2.45, 2.75) is 18.2 Å². The predicted octanol–water partition coefficient (Wildman–Crippen LogP) is 0.323. The van der Waals surface area contributed by atoms with E-state index in [2.05, 4.69) is 27.5 Å². The molecule has 0 radical (unpaired) electrons. The van der Waals surface area contributed by atoms with Crippen molar-refractivity contribution in [1.82, 2.24) is 15.1 Å². The smallest absolute Gasteiger partial charge is 0.319 e. The molecule has 3 atom stereocenters. The van der Waals surface area contributed by atoms with Crippen molar-refractivity contribution >= 4 is 11.7 Å². The van der Waals surface area contributed by atoms with Gasteiger partial charge in [0, 0.05) is 38.4 Å². The zero-order valence-corrected chi connectivity index (χ0v) is 14.3. The number of amides is 2. The molecule has 8 heteroatoms. The van der Waals surface area contributed by atoms with Crippen LogP contribution >= 0.6 is 0 Å². The first-order valence-corrected chi connectivity index (χ1v) is 8.55. The molecular weight excluding hydrogens is 327 g/mol. The molecule has 1 aromatic rings. The number of aliphatic hydroxyl groups excluding tert-OH is 1. The van der Waals surface area contributed by atoms with E-state index >= 15 is 0 Å². The standard InChI is InChI=1S/C17H25FN4O3/c1-21-6-8-22(9-7-21)10-15-16(23)14(11-25-15)20-17(24)19-13-4-2-12(18)3-5-13/h2-5,14-16,23H,6-11H2,1H3,(H2,19,20,24). The number of hydrogen-bond donors (Lipinski definition) is 3. The molecule has 3 rings (SSSR count). The molecule has 2 aliphatic rings. The molecule has 0 aliphatic carbocycles. The van der Waals surface area contributed by atoms with E-state index in [1.54, 1.807) is 0 Å². The van der Waals surface area contributed by atoms with Gasteiger partial charge in [-0.25, -0.2) is 9.18 Å². The first-order chi connectivity index (χ1) is 12.0. The molecule has 3 N–H and O–H groups in total. The minimum atomic E-state index is -0.751. The normalized spacial score (nSPS) is 28.0. The van der Waals surface area contributed by atoms with Gasteiger partial charge in [-0.05, 0) is 31.3 Å². The molecule has 0 aromatic heterocycles. The van der Waals surface area contributed by atoms with Crippen LogP contribution in [0.1, 0.15) is 0 Å². The maximum atomic E-state index is 12.9. The van der Waals surface area contributed by atoms with E-state index in [0.29, 0.717) is 12.2 Å². The maximum Gasteiger partial charge on any atom is 0.319 e. The summed E-state index contributed by atoms with van der Waals surface area (Å²) in [6, 6.07) is 4.60. The van der Waals surface area contributed by atoms with Gasteiger partial charge < -0.3 is 25.4 Å². The number of urea groups is 1. The number of benzene rings is 1.